The molecule has 1 aliphatic heterocycles. The summed E-state index contributed by atoms with van der Waals surface area (Å²) in [5.74, 6) is 0.240. The molecule has 150 valence electrons. The fourth-order valence-electron chi connectivity index (χ4n) is 3.91. The lowest BCUT2D eigenvalue weighted by molar-refractivity contribution is -0.114. The molecular formula is C22H21N7O. The first-order valence-corrected chi connectivity index (χ1v) is 9.82. The van der Waals surface area contributed by atoms with Crippen molar-refractivity contribution in [3.63, 3.8) is 0 Å². The second-order valence-electron chi connectivity index (χ2n) is 7.56. The number of amides is 1. The molecule has 0 spiro atoms. The lowest BCUT2D eigenvalue weighted by atomic mass is 10.1. The summed E-state index contributed by atoms with van der Waals surface area (Å²) in [5.41, 5.74) is 9.00. The number of nitrogen functional groups attached to an aromatic ring is 1. The van der Waals surface area contributed by atoms with E-state index in [4.69, 9.17) is 10.8 Å². The van der Waals surface area contributed by atoms with Crippen LogP contribution >= 0.6 is 0 Å². The van der Waals surface area contributed by atoms with Gasteiger partial charge in [0, 0.05) is 17.5 Å². The number of anilines is 2. The average Bonchev–Trinajstić information content (AvgIpc) is 3.17. The highest BCUT2D eigenvalue weighted by atomic mass is 16.2. The van der Waals surface area contributed by atoms with Crippen LogP contribution in [0, 0.1) is 0 Å². The number of carbonyl (C=O) groups is 1. The summed E-state index contributed by atoms with van der Waals surface area (Å²) in [7, 11) is 0. The van der Waals surface area contributed by atoms with Crippen LogP contribution in [0.3, 0.4) is 0 Å². The SMILES string of the molecule is C=CC(=O)N(CC1(n2nc(C3=CCN=C3)c3c(N)ncnc32)CC1)c1ccccc1. The van der Waals surface area contributed by atoms with E-state index in [0.29, 0.717) is 24.6 Å². The zero-order chi connectivity index (χ0) is 20.7. The Labute approximate surface area is 173 Å². The number of fused-ring (bicyclic) bond motifs is 1. The molecule has 1 fully saturated rings. The van der Waals surface area contributed by atoms with Gasteiger partial charge in [-0.15, -0.1) is 0 Å². The minimum Gasteiger partial charge on any atom is -0.383 e. The number of hydrogen-bond donors (Lipinski definition) is 1. The summed E-state index contributed by atoms with van der Waals surface area (Å²) in [5, 5.41) is 5.64. The summed E-state index contributed by atoms with van der Waals surface area (Å²) in [6.45, 7) is 4.77. The highest BCUT2D eigenvalue weighted by Crippen LogP contribution is 2.47. The number of nitrogens with two attached hydrogens (primary N) is 1. The summed E-state index contributed by atoms with van der Waals surface area (Å²) >= 11 is 0. The van der Waals surface area contributed by atoms with Crippen LogP contribution in [0.25, 0.3) is 16.6 Å². The molecule has 5 rings (SSSR count). The molecular weight excluding hydrogens is 378 g/mol. The number of allylic oxidation sites excluding steroid dienone is 1. The molecule has 0 bridgehead atoms. The molecule has 0 atom stereocenters. The minimum atomic E-state index is -0.359. The number of benzene rings is 1. The fraction of sp³-hybridized carbons (Fsp3) is 0.227. The van der Waals surface area contributed by atoms with Crippen LogP contribution in [0.5, 0.6) is 0 Å². The zero-order valence-corrected chi connectivity index (χ0v) is 16.4. The van der Waals surface area contributed by atoms with E-state index in [-0.39, 0.29) is 11.4 Å². The first-order valence-electron chi connectivity index (χ1n) is 9.82. The van der Waals surface area contributed by atoms with Crippen molar-refractivity contribution >= 4 is 40.2 Å². The normalized spacial score (nSPS) is 16.5. The number of nitrogens with zero attached hydrogens (tertiary/aromatic N) is 6. The molecule has 8 nitrogen and oxygen atoms in total. The standard InChI is InChI=1S/C22H21N7O/c1-2-17(30)28(16-6-4-3-5-7-16)13-22(9-10-22)29-21-18(20(23)25-14-26-21)19(27-29)15-8-11-24-12-15/h2-8,12,14H,1,9-11,13H2,(H2,23,25,26). The Hall–Kier alpha value is -3.81. The summed E-state index contributed by atoms with van der Waals surface area (Å²) in [4.78, 5) is 27.4. The topological polar surface area (TPSA) is 102 Å². The lowest BCUT2D eigenvalue weighted by Gasteiger charge is -2.27. The van der Waals surface area contributed by atoms with Gasteiger partial charge in [0.15, 0.2) is 5.65 Å². The molecule has 1 amide bonds. The fourth-order valence-corrected chi connectivity index (χ4v) is 3.91. The lowest BCUT2D eigenvalue weighted by Crippen LogP contribution is -2.40. The summed E-state index contributed by atoms with van der Waals surface area (Å²) in [6, 6.07) is 9.60. The van der Waals surface area contributed by atoms with E-state index in [2.05, 4.69) is 21.5 Å². The van der Waals surface area contributed by atoms with Crippen LogP contribution in [-0.4, -0.2) is 45.0 Å². The number of hydrogen-bond acceptors (Lipinski definition) is 6. The predicted molar refractivity (Wildman–Crippen MR) is 117 cm³/mol. The van der Waals surface area contributed by atoms with Crippen LogP contribution in [-0.2, 0) is 10.3 Å². The van der Waals surface area contributed by atoms with Crippen molar-refractivity contribution in [2.24, 2.45) is 4.99 Å². The number of aromatic nitrogens is 4. The molecule has 2 aromatic heterocycles. The molecule has 1 aromatic carbocycles. The number of para-hydroxylation sites is 1. The average molecular weight is 399 g/mol. The highest BCUT2D eigenvalue weighted by Gasteiger charge is 2.49. The molecule has 1 saturated carbocycles. The Morgan fingerprint density at radius 3 is 2.73 bits per heavy atom. The van der Waals surface area contributed by atoms with Crippen molar-refractivity contribution in [3.8, 4) is 0 Å². The Bertz CT molecular complexity index is 1200. The van der Waals surface area contributed by atoms with Crippen LogP contribution in [0.2, 0.25) is 0 Å². The van der Waals surface area contributed by atoms with E-state index in [1.54, 1.807) is 11.1 Å². The van der Waals surface area contributed by atoms with Gasteiger partial charge in [-0.25, -0.2) is 14.6 Å². The third-order valence-electron chi connectivity index (χ3n) is 5.65. The van der Waals surface area contributed by atoms with Crippen molar-refractivity contribution in [2.45, 2.75) is 18.4 Å². The first kappa shape index (κ1) is 18.2. The van der Waals surface area contributed by atoms with Gasteiger partial charge in [-0.3, -0.25) is 9.79 Å². The minimum absolute atomic E-state index is 0.149. The van der Waals surface area contributed by atoms with E-state index >= 15 is 0 Å². The maximum Gasteiger partial charge on any atom is 0.250 e. The van der Waals surface area contributed by atoms with Gasteiger partial charge in [0.05, 0.1) is 24.0 Å². The van der Waals surface area contributed by atoms with Gasteiger partial charge in [0.25, 0.3) is 0 Å². The summed E-state index contributed by atoms with van der Waals surface area (Å²) < 4.78 is 1.93. The molecule has 8 heteroatoms. The van der Waals surface area contributed by atoms with Crippen LogP contribution < -0.4 is 10.6 Å². The molecule has 30 heavy (non-hydrogen) atoms. The Balaban J connectivity index is 1.61. The maximum atomic E-state index is 12.7. The second kappa shape index (κ2) is 6.91. The van der Waals surface area contributed by atoms with Crippen molar-refractivity contribution in [3.05, 3.63) is 61.1 Å². The smallest absolute Gasteiger partial charge is 0.250 e. The largest absolute Gasteiger partial charge is 0.383 e. The Morgan fingerprint density at radius 2 is 2.07 bits per heavy atom. The highest BCUT2D eigenvalue weighted by molar-refractivity contribution is 6.16. The van der Waals surface area contributed by atoms with E-state index in [0.717, 1.165) is 35.2 Å². The monoisotopic (exact) mass is 399 g/mol. The van der Waals surface area contributed by atoms with Gasteiger partial charge in [-0.05, 0) is 31.1 Å². The van der Waals surface area contributed by atoms with Gasteiger partial charge in [0.1, 0.15) is 17.8 Å². The van der Waals surface area contributed by atoms with Crippen LogP contribution in [0.4, 0.5) is 11.5 Å². The maximum absolute atomic E-state index is 12.7. The molecule has 1 aliphatic carbocycles. The van der Waals surface area contributed by atoms with Gasteiger partial charge < -0.3 is 10.6 Å². The van der Waals surface area contributed by atoms with Crippen LogP contribution in [0.1, 0.15) is 18.5 Å². The predicted octanol–water partition coefficient (Wildman–Crippen LogP) is 2.58. The van der Waals surface area contributed by atoms with Crippen molar-refractivity contribution in [1.29, 1.82) is 0 Å². The third-order valence-corrected chi connectivity index (χ3v) is 5.65. The molecule has 2 aliphatic rings. The molecule has 3 aromatic rings. The zero-order valence-electron chi connectivity index (χ0n) is 16.4. The first-order chi connectivity index (χ1) is 14.6. The van der Waals surface area contributed by atoms with E-state index in [1.165, 1.54) is 12.4 Å². The van der Waals surface area contributed by atoms with Crippen molar-refractivity contribution in [1.82, 2.24) is 19.7 Å². The molecule has 0 radical (unpaired) electrons. The number of rotatable bonds is 6. The quantitative estimate of drug-likeness (QED) is 0.642. The van der Waals surface area contributed by atoms with Gasteiger partial charge in [0.2, 0.25) is 5.91 Å². The van der Waals surface area contributed by atoms with Crippen molar-refractivity contribution in [2.75, 3.05) is 23.7 Å². The van der Waals surface area contributed by atoms with E-state index in [1.807, 2.05) is 41.1 Å². The van der Waals surface area contributed by atoms with E-state index in [9.17, 15) is 4.79 Å². The molecule has 3 heterocycles. The van der Waals surface area contributed by atoms with Gasteiger partial charge >= 0.3 is 0 Å². The Morgan fingerprint density at radius 1 is 1.27 bits per heavy atom. The second-order valence-corrected chi connectivity index (χ2v) is 7.56. The Kier molecular flexibility index (Phi) is 4.20. The molecule has 0 unspecified atom stereocenters. The van der Waals surface area contributed by atoms with Crippen molar-refractivity contribution < 1.29 is 4.79 Å². The molecule has 2 N–H and O–H groups in total. The number of aliphatic imine (C=N–C) groups is 1. The van der Waals surface area contributed by atoms with Crippen LogP contribution in [0.15, 0.2) is 60.4 Å². The van der Waals surface area contributed by atoms with E-state index < -0.39 is 0 Å². The summed E-state index contributed by atoms with van der Waals surface area (Å²) in [6.07, 6.45) is 8.37. The third kappa shape index (κ3) is 2.88. The van der Waals surface area contributed by atoms with Gasteiger partial charge in [-0.2, -0.15) is 5.10 Å². The molecule has 0 saturated heterocycles. The number of carbonyl (C=O) groups excluding carboxylic acids is 1. The van der Waals surface area contributed by atoms with Gasteiger partial charge in [-0.1, -0.05) is 30.9 Å².